The first kappa shape index (κ1) is 15.6. The van der Waals surface area contributed by atoms with Crippen molar-refractivity contribution in [2.45, 2.75) is 19.3 Å². The van der Waals surface area contributed by atoms with Crippen LogP contribution in [0.5, 0.6) is 0 Å². The Hall–Kier alpha value is -2.96. The zero-order valence-electron chi connectivity index (χ0n) is 13.9. The maximum absolute atomic E-state index is 12.5. The van der Waals surface area contributed by atoms with Gasteiger partial charge in [0.1, 0.15) is 0 Å². The molecule has 0 radical (unpaired) electrons. The maximum Gasteiger partial charge on any atom is 0.226 e. The summed E-state index contributed by atoms with van der Waals surface area (Å²) >= 11 is 0. The Morgan fingerprint density at radius 1 is 1.20 bits per heavy atom. The number of nitrogens with one attached hydrogen (secondary N) is 1. The van der Waals surface area contributed by atoms with Gasteiger partial charge in [-0.3, -0.25) is 4.79 Å². The molecule has 1 fully saturated rings. The van der Waals surface area contributed by atoms with Crippen molar-refractivity contribution in [3.63, 3.8) is 0 Å². The highest BCUT2D eigenvalue weighted by Crippen LogP contribution is 2.20. The van der Waals surface area contributed by atoms with Crippen LogP contribution in [0.1, 0.15) is 17.8 Å². The van der Waals surface area contributed by atoms with Gasteiger partial charge in [-0.2, -0.15) is 5.21 Å². The van der Waals surface area contributed by atoms with Crippen molar-refractivity contribution < 1.29 is 4.79 Å². The molecule has 3 aromatic rings. The summed E-state index contributed by atoms with van der Waals surface area (Å²) in [5, 5.41) is 14.0. The summed E-state index contributed by atoms with van der Waals surface area (Å²) in [5.41, 5.74) is 2.14. The highest BCUT2D eigenvalue weighted by Gasteiger charge is 2.27. The summed E-state index contributed by atoms with van der Waals surface area (Å²) < 4.78 is 2.05. The molecule has 0 spiro atoms. The van der Waals surface area contributed by atoms with E-state index in [1.54, 1.807) is 0 Å². The fourth-order valence-electron chi connectivity index (χ4n) is 3.33. The number of hydrogen-bond donors (Lipinski definition) is 1. The van der Waals surface area contributed by atoms with Crippen molar-refractivity contribution in [3.8, 4) is 5.69 Å². The first-order valence-electron chi connectivity index (χ1n) is 8.50. The van der Waals surface area contributed by atoms with Crippen LogP contribution in [0.2, 0.25) is 0 Å². The largest absolute Gasteiger partial charge is 0.342 e. The predicted molar refractivity (Wildman–Crippen MR) is 92.0 cm³/mol. The first-order chi connectivity index (χ1) is 12.3. The molecule has 1 aliphatic heterocycles. The molecule has 7 nitrogen and oxygen atoms in total. The molecule has 1 N–H and O–H groups in total. The number of carbonyl (C=O) groups is 1. The van der Waals surface area contributed by atoms with Crippen molar-refractivity contribution in [2.24, 2.45) is 5.92 Å². The van der Waals surface area contributed by atoms with Gasteiger partial charge in [-0.15, -0.1) is 10.2 Å². The topological polar surface area (TPSA) is 79.7 Å². The van der Waals surface area contributed by atoms with E-state index < -0.39 is 0 Å². The van der Waals surface area contributed by atoms with E-state index in [1.807, 2.05) is 53.7 Å². The molecule has 1 atom stereocenters. The summed E-state index contributed by atoms with van der Waals surface area (Å²) in [6.45, 7) is 1.58. The lowest BCUT2D eigenvalue weighted by Gasteiger charge is -2.16. The number of aromatic nitrogens is 5. The second-order valence-electron chi connectivity index (χ2n) is 6.46. The van der Waals surface area contributed by atoms with Gasteiger partial charge in [0.05, 0.1) is 6.42 Å². The molecule has 4 rings (SSSR count). The number of rotatable bonds is 5. The third kappa shape index (κ3) is 3.60. The highest BCUT2D eigenvalue weighted by molar-refractivity contribution is 5.79. The maximum atomic E-state index is 12.5. The number of aromatic amines is 1. The Balaban J connectivity index is 1.33. The number of likely N-dealkylation sites (tertiary alicyclic amines) is 1. The lowest BCUT2D eigenvalue weighted by molar-refractivity contribution is -0.129. The summed E-state index contributed by atoms with van der Waals surface area (Å²) in [6, 6.07) is 12.1. The minimum Gasteiger partial charge on any atom is -0.342 e. The molecule has 1 aromatic carbocycles. The van der Waals surface area contributed by atoms with Gasteiger partial charge >= 0.3 is 0 Å². The van der Waals surface area contributed by atoms with E-state index in [2.05, 4.69) is 25.2 Å². The minimum absolute atomic E-state index is 0.185. The lowest BCUT2D eigenvalue weighted by Crippen LogP contribution is -2.30. The van der Waals surface area contributed by atoms with Crippen molar-refractivity contribution in [3.05, 3.63) is 60.2 Å². The smallest absolute Gasteiger partial charge is 0.226 e. The van der Waals surface area contributed by atoms with Crippen LogP contribution in [0.4, 0.5) is 0 Å². The Kier molecular flexibility index (Phi) is 4.28. The molecule has 3 heterocycles. The van der Waals surface area contributed by atoms with Crippen LogP contribution >= 0.6 is 0 Å². The van der Waals surface area contributed by atoms with E-state index in [-0.39, 0.29) is 5.91 Å². The number of H-pyrrole nitrogens is 1. The quantitative estimate of drug-likeness (QED) is 0.768. The molecule has 1 saturated heterocycles. The van der Waals surface area contributed by atoms with Crippen molar-refractivity contribution in [2.75, 3.05) is 13.1 Å². The third-order valence-electron chi connectivity index (χ3n) is 4.69. The van der Waals surface area contributed by atoms with E-state index in [4.69, 9.17) is 0 Å². The van der Waals surface area contributed by atoms with Crippen LogP contribution in [0.15, 0.2) is 48.8 Å². The summed E-state index contributed by atoms with van der Waals surface area (Å²) in [5.74, 6) is 1.32. The Morgan fingerprint density at radius 2 is 2.00 bits per heavy atom. The fraction of sp³-hybridized carbons (Fsp3) is 0.333. The van der Waals surface area contributed by atoms with Crippen molar-refractivity contribution in [1.82, 2.24) is 30.1 Å². The average molecular weight is 336 g/mol. The number of tetrazole rings is 1. The van der Waals surface area contributed by atoms with Crippen LogP contribution in [-0.4, -0.2) is 49.1 Å². The summed E-state index contributed by atoms with van der Waals surface area (Å²) in [6.07, 6.45) is 6.22. The molecule has 25 heavy (non-hydrogen) atoms. The van der Waals surface area contributed by atoms with E-state index >= 15 is 0 Å². The fourth-order valence-corrected chi connectivity index (χ4v) is 3.33. The van der Waals surface area contributed by atoms with Crippen molar-refractivity contribution >= 4 is 5.91 Å². The van der Waals surface area contributed by atoms with Crippen LogP contribution in [0.25, 0.3) is 5.69 Å². The van der Waals surface area contributed by atoms with Gasteiger partial charge in [-0.25, -0.2) is 0 Å². The molecule has 0 saturated carbocycles. The SMILES string of the molecule is O=C(Cc1ccc(-n2cccc2)cc1)N1CCC(Cc2nn[nH]n2)C1. The molecule has 0 bridgehead atoms. The van der Waals surface area contributed by atoms with Gasteiger partial charge in [0, 0.05) is 37.6 Å². The molecular formula is C18H20N6O. The van der Waals surface area contributed by atoms with Crippen LogP contribution in [-0.2, 0) is 17.6 Å². The Morgan fingerprint density at radius 3 is 2.72 bits per heavy atom. The van der Waals surface area contributed by atoms with Crippen LogP contribution in [0.3, 0.4) is 0 Å². The summed E-state index contributed by atoms with van der Waals surface area (Å²) in [7, 11) is 0. The zero-order chi connectivity index (χ0) is 17.1. The summed E-state index contributed by atoms with van der Waals surface area (Å²) in [4.78, 5) is 14.5. The Bertz CT molecular complexity index is 810. The molecule has 2 aromatic heterocycles. The standard InChI is InChI=1S/C18H20N6O/c25-18(24-10-7-15(13-24)11-17-19-21-22-20-17)12-14-3-5-16(6-4-14)23-8-1-2-9-23/h1-6,8-9,15H,7,10-13H2,(H,19,20,21,22). The van der Waals surface area contributed by atoms with E-state index in [9.17, 15) is 4.79 Å². The normalized spacial score (nSPS) is 17.1. The molecule has 1 unspecified atom stereocenters. The minimum atomic E-state index is 0.185. The number of amides is 1. The number of hydrogen-bond acceptors (Lipinski definition) is 4. The highest BCUT2D eigenvalue weighted by atomic mass is 16.2. The second kappa shape index (κ2) is 6.88. The van der Waals surface area contributed by atoms with Gasteiger partial charge in [-0.1, -0.05) is 17.3 Å². The van der Waals surface area contributed by atoms with Crippen molar-refractivity contribution in [1.29, 1.82) is 0 Å². The first-order valence-corrected chi connectivity index (χ1v) is 8.50. The molecule has 0 aliphatic carbocycles. The van der Waals surface area contributed by atoms with E-state index in [0.717, 1.165) is 43.0 Å². The third-order valence-corrected chi connectivity index (χ3v) is 4.69. The van der Waals surface area contributed by atoms with Gasteiger partial charge < -0.3 is 9.47 Å². The predicted octanol–water partition coefficient (Wildman–Crippen LogP) is 1.62. The van der Waals surface area contributed by atoms with Crippen LogP contribution < -0.4 is 0 Å². The average Bonchev–Trinajstić information content (AvgIpc) is 3.39. The zero-order valence-corrected chi connectivity index (χ0v) is 13.9. The molecule has 7 heteroatoms. The van der Waals surface area contributed by atoms with Crippen LogP contribution in [0, 0.1) is 5.92 Å². The Labute approximate surface area is 145 Å². The van der Waals surface area contributed by atoms with E-state index in [1.165, 1.54) is 0 Å². The lowest BCUT2D eigenvalue weighted by atomic mass is 10.1. The molecule has 128 valence electrons. The number of carbonyl (C=O) groups excluding carboxylic acids is 1. The number of benzene rings is 1. The number of nitrogens with zero attached hydrogens (tertiary/aromatic N) is 5. The van der Waals surface area contributed by atoms with Gasteiger partial charge in [0.15, 0.2) is 5.82 Å². The molecule has 1 aliphatic rings. The molecule has 1 amide bonds. The molecular weight excluding hydrogens is 316 g/mol. The van der Waals surface area contributed by atoms with E-state index in [0.29, 0.717) is 12.3 Å². The second-order valence-corrected chi connectivity index (χ2v) is 6.46. The van der Waals surface area contributed by atoms with Gasteiger partial charge in [0.25, 0.3) is 0 Å². The monoisotopic (exact) mass is 336 g/mol. The van der Waals surface area contributed by atoms with Gasteiger partial charge in [-0.05, 0) is 42.2 Å². The van der Waals surface area contributed by atoms with Gasteiger partial charge in [0.2, 0.25) is 5.91 Å².